The van der Waals surface area contributed by atoms with Gasteiger partial charge in [-0.25, -0.2) is 4.98 Å². The Bertz CT molecular complexity index is 1220. The normalized spacial score (nSPS) is 17.7. The molecule has 1 saturated carbocycles. The lowest BCUT2D eigenvalue weighted by Gasteiger charge is -2.29. The van der Waals surface area contributed by atoms with Crippen LogP contribution < -0.4 is 15.5 Å². The van der Waals surface area contributed by atoms with Gasteiger partial charge in [-0.1, -0.05) is 18.2 Å². The van der Waals surface area contributed by atoms with E-state index in [1.165, 1.54) is 18.2 Å². The smallest absolute Gasteiger partial charge is 0.310 e. The van der Waals surface area contributed by atoms with Crippen molar-refractivity contribution in [2.45, 2.75) is 38.1 Å². The molecule has 0 unspecified atom stereocenters. The van der Waals surface area contributed by atoms with Gasteiger partial charge in [-0.05, 0) is 55.4 Å². The number of carbonyl (C=O) groups is 1. The third kappa shape index (κ3) is 5.95. The molecule has 0 atom stereocenters. The fraction of sp³-hybridized carbons (Fsp3) is 0.400. The number of nitro groups is 1. The first-order valence-electron chi connectivity index (χ1n) is 11.7. The summed E-state index contributed by atoms with van der Waals surface area (Å²) in [5, 5.41) is 28.0. The van der Waals surface area contributed by atoms with Gasteiger partial charge in [0.15, 0.2) is 5.75 Å². The van der Waals surface area contributed by atoms with E-state index < -0.39 is 16.4 Å². The molecular formula is C25H30N6O4. The van der Waals surface area contributed by atoms with Gasteiger partial charge < -0.3 is 20.6 Å². The van der Waals surface area contributed by atoms with Crippen LogP contribution in [0.25, 0.3) is 10.9 Å². The number of phenols is 1. The van der Waals surface area contributed by atoms with Crippen molar-refractivity contribution in [2.75, 3.05) is 30.9 Å². The topological polar surface area (TPSA) is 134 Å². The van der Waals surface area contributed by atoms with Crippen LogP contribution in [-0.4, -0.2) is 52.6 Å². The van der Waals surface area contributed by atoms with Crippen LogP contribution in [0, 0.1) is 16.0 Å². The van der Waals surface area contributed by atoms with Crippen LogP contribution in [0.1, 0.15) is 31.2 Å². The lowest BCUT2D eigenvalue weighted by Crippen LogP contribution is -2.34. The number of amides is 1. The molecule has 184 valence electrons. The average molecular weight is 479 g/mol. The van der Waals surface area contributed by atoms with Crippen molar-refractivity contribution in [1.82, 2.24) is 15.3 Å². The highest BCUT2D eigenvalue weighted by Gasteiger charge is 2.23. The van der Waals surface area contributed by atoms with E-state index in [1.807, 2.05) is 43.3 Å². The Morgan fingerprint density at radius 3 is 2.60 bits per heavy atom. The Morgan fingerprint density at radius 1 is 1.14 bits per heavy atom. The van der Waals surface area contributed by atoms with Crippen molar-refractivity contribution in [3.63, 3.8) is 0 Å². The number of rotatable bonds is 8. The number of benzene rings is 2. The molecule has 1 heterocycles. The molecular weight excluding hydrogens is 448 g/mol. The third-order valence-electron chi connectivity index (χ3n) is 6.38. The van der Waals surface area contributed by atoms with Gasteiger partial charge in [-0.15, -0.1) is 0 Å². The third-order valence-corrected chi connectivity index (χ3v) is 6.38. The predicted molar refractivity (Wildman–Crippen MR) is 135 cm³/mol. The second-order valence-corrected chi connectivity index (χ2v) is 9.21. The van der Waals surface area contributed by atoms with E-state index in [0.29, 0.717) is 24.0 Å². The fourth-order valence-corrected chi connectivity index (χ4v) is 4.49. The number of aromatic nitrogens is 2. The van der Waals surface area contributed by atoms with Crippen molar-refractivity contribution in [3.05, 3.63) is 58.1 Å². The van der Waals surface area contributed by atoms with Crippen molar-refractivity contribution in [3.8, 4) is 5.75 Å². The number of anilines is 2. The number of aromatic hydroxyl groups is 1. The number of nitro benzene ring substituents is 1. The van der Waals surface area contributed by atoms with Gasteiger partial charge >= 0.3 is 5.69 Å². The number of hydrogen-bond donors (Lipinski definition) is 3. The van der Waals surface area contributed by atoms with Crippen LogP contribution in [0.3, 0.4) is 0 Å². The minimum atomic E-state index is -0.659. The van der Waals surface area contributed by atoms with Crippen LogP contribution in [-0.2, 0) is 11.2 Å². The number of fused-ring (bicyclic) bond motifs is 1. The lowest BCUT2D eigenvalue weighted by atomic mass is 9.86. The van der Waals surface area contributed by atoms with E-state index in [-0.39, 0.29) is 18.4 Å². The molecule has 3 aromatic rings. The maximum absolute atomic E-state index is 12.3. The van der Waals surface area contributed by atoms with Crippen LogP contribution in [0.4, 0.5) is 17.5 Å². The molecule has 3 N–H and O–H groups in total. The summed E-state index contributed by atoms with van der Waals surface area (Å²) in [6, 6.07) is 12.3. The summed E-state index contributed by atoms with van der Waals surface area (Å²) in [6.45, 7) is 0.572. The van der Waals surface area contributed by atoms with E-state index in [2.05, 4.69) is 15.6 Å². The van der Waals surface area contributed by atoms with Crippen LogP contribution in [0.15, 0.2) is 42.5 Å². The summed E-state index contributed by atoms with van der Waals surface area (Å²) in [7, 11) is 3.95. The van der Waals surface area contributed by atoms with Gasteiger partial charge in [-0.3, -0.25) is 14.9 Å². The Kier molecular flexibility index (Phi) is 7.28. The van der Waals surface area contributed by atoms with Crippen molar-refractivity contribution in [1.29, 1.82) is 0 Å². The zero-order valence-corrected chi connectivity index (χ0v) is 19.9. The van der Waals surface area contributed by atoms with Gasteiger partial charge in [0.2, 0.25) is 11.9 Å². The molecule has 0 spiro atoms. The zero-order valence-electron chi connectivity index (χ0n) is 19.9. The van der Waals surface area contributed by atoms with Gasteiger partial charge in [0.05, 0.1) is 16.9 Å². The average Bonchev–Trinajstić information content (AvgIpc) is 2.84. The standard InChI is InChI=1S/C25H30N6O4/c1-30(2)24-19-5-3-4-6-20(19)28-25(29-24)27-18-10-7-16(8-11-18)15-26-23(33)14-17-9-12-22(32)21(13-17)31(34)35/h3-6,9,12-13,16,18,32H,7-8,10-11,14-15H2,1-2H3,(H,26,33)(H,27,28,29). The minimum absolute atomic E-state index is 0.0333. The molecule has 35 heavy (non-hydrogen) atoms. The number of nitrogens with one attached hydrogen (secondary N) is 2. The Labute approximate surface area is 203 Å². The molecule has 1 aromatic heterocycles. The molecule has 2 aromatic carbocycles. The molecule has 1 fully saturated rings. The van der Waals surface area contributed by atoms with E-state index in [4.69, 9.17) is 4.98 Å². The van der Waals surface area contributed by atoms with Crippen molar-refractivity contribution < 1.29 is 14.8 Å². The number of phenolic OH excluding ortho intramolecular Hbond substituents is 1. The highest BCUT2D eigenvalue weighted by atomic mass is 16.6. The first kappa shape index (κ1) is 24.2. The Hall–Kier alpha value is -3.95. The Balaban J connectivity index is 1.27. The van der Waals surface area contributed by atoms with Gasteiger partial charge in [0.25, 0.3) is 0 Å². The van der Waals surface area contributed by atoms with Crippen LogP contribution >= 0.6 is 0 Å². The Morgan fingerprint density at radius 2 is 1.89 bits per heavy atom. The molecule has 0 saturated heterocycles. The number of carbonyl (C=O) groups excluding carboxylic acids is 1. The van der Waals surface area contributed by atoms with Crippen LogP contribution in [0.5, 0.6) is 5.75 Å². The fourth-order valence-electron chi connectivity index (χ4n) is 4.49. The zero-order chi connectivity index (χ0) is 24.9. The molecule has 1 amide bonds. The quantitative estimate of drug-likeness (QED) is 0.330. The van der Waals surface area contributed by atoms with Crippen molar-refractivity contribution >= 4 is 34.3 Å². The first-order valence-corrected chi connectivity index (χ1v) is 11.7. The van der Waals surface area contributed by atoms with Gasteiger partial charge in [0.1, 0.15) is 5.82 Å². The molecule has 1 aliphatic rings. The SMILES string of the molecule is CN(C)c1nc(NC2CCC(CNC(=O)Cc3ccc(O)c([N+](=O)[O-])c3)CC2)nc2ccccc12. The van der Waals surface area contributed by atoms with E-state index in [9.17, 15) is 20.0 Å². The molecule has 1 aliphatic carbocycles. The number of hydrogen-bond acceptors (Lipinski definition) is 8. The minimum Gasteiger partial charge on any atom is -0.502 e. The molecule has 10 heteroatoms. The van der Waals surface area contributed by atoms with Gasteiger partial charge in [-0.2, -0.15) is 4.98 Å². The molecule has 4 rings (SSSR count). The maximum atomic E-state index is 12.3. The summed E-state index contributed by atoms with van der Waals surface area (Å²) >= 11 is 0. The monoisotopic (exact) mass is 478 g/mol. The lowest BCUT2D eigenvalue weighted by molar-refractivity contribution is -0.385. The summed E-state index contributed by atoms with van der Waals surface area (Å²) in [5.74, 6) is 1.30. The maximum Gasteiger partial charge on any atom is 0.310 e. The summed E-state index contributed by atoms with van der Waals surface area (Å²) in [4.78, 5) is 34.1. The number of para-hydroxylation sites is 1. The summed E-state index contributed by atoms with van der Waals surface area (Å²) in [6.07, 6.45) is 3.88. The first-order chi connectivity index (χ1) is 16.8. The molecule has 10 nitrogen and oxygen atoms in total. The van der Waals surface area contributed by atoms with Crippen LogP contribution in [0.2, 0.25) is 0 Å². The van der Waals surface area contributed by atoms with E-state index >= 15 is 0 Å². The predicted octanol–water partition coefficient (Wildman–Crippen LogP) is 3.64. The van der Waals surface area contributed by atoms with Crippen molar-refractivity contribution in [2.24, 2.45) is 5.92 Å². The number of nitrogens with zero attached hydrogens (tertiary/aromatic N) is 4. The second-order valence-electron chi connectivity index (χ2n) is 9.21. The molecule has 0 bridgehead atoms. The molecule has 0 aliphatic heterocycles. The summed E-state index contributed by atoms with van der Waals surface area (Å²) in [5.41, 5.74) is 1.01. The second kappa shape index (κ2) is 10.5. The highest BCUT2D eigenvalue weighted by Crippen LogP contribution is 2.29. The summed E-state index contributed by atoms with van der Waals surface area (Å²) < 4.78 is 0. The molecule has 0 radical (unpaired) electrons. The van der Waals surface area contributed by atoms with Gasteiger partial charge in [0, 0.05) is 38.1 Å². The van der Waals surface area contributed by atoms with E-state index in [0.717, 1.165) is 42.4 Å². The largest absolute Gasteiger partial charge is 0.502 e. The van der Waals surface area contributed by atoms with E-state index in [1.54, 1.807) is 0 Å². The highest BCUT2D eigenvalue weighted by molar-refractivity contribution is 5.90.